The van der Waals surface area contributed by atoms with Crippen molar-refractivity contribution in [3.63, 3.8) is 0 Å². The number of aryl methyl sites for hydroxylation is 1. The zero-order valence-electron chi connectivity index (χ0n) is 17.5. The molecule has 2 aromatic rings. The van der Waals surface area contributed by atoms with Crippen LogP contribution in [0.15, 0.2) is 40.8 Å². The first-order valence-electron chi connectivity index (χ1n) is 9.88. The number of nitrogens with one attached hydrogen (secondary N) is 1. The van der Waals surface area contributed by atoms with Gasteiger partial charge in [-0.15, -0.1) is 0 Å². The summed E-state index contributed by atoms with van der Waals surface area (Å²) in [7, 11) is 0. The Morgan fingerprint density at radius 1 is 1.03 bits per heavy atom. The highest BCUT2D eigenvalue weighted by atomic mass is 16.6. The maximum Gasteiger partial charge on any atom is 0.410 e. The summed E-state index contributed by atoms with van der Waals surface area (Å²) in [6, 6.07) is 11.5. The van der Waals surface area contributed by atoms with Crippen molar-refractivity contribution in [2.24, 2.45) is 0 Å². The number of anilines is 1. The first-order chi connectivity index (χ1) is 13.7. The van der Waals surface area contributed by atoms with Crippen LogP contribution in [0, 0.1) is 6.92 Å². The number of carbonyl (C=O) groups is 2. The third kappa shape index (κ3) is 5.76. The van der Waals surface area contributed by atoms with Gasteiger partial charge in [0.05, 0.1) is 0 Å². The highest BCUT2D eigenvalue weighted by molar-refractivity contribution is 5.91. The zero-order chi connectivity index (χ0) is 21.0. The second-order valence-electron chi connectivity index (χ2n) is 8.21. The number of furan rings is 1. The van der Waals surface area contributed by atoms with Crippen molar-refractivity contribution < 1.29 is 18.7 Å². The molecule has 2 heterocycles. The van der Waals surface area contributed by atoms with E-state index in [1.807, 2.05) is 52.0 Å². The van der Waals surface area contributed by atoms with E-state index >= 15 is 0 Å². The van der Waals surface area contributed by atoms with Gasteiger partial charge in [-0.05, 0) is 57.5 Å². The van der Waals surface area contributed by atoms with E-state index in [4.69, 9.17) is 9.15 Å². The van der Waals surface area contributed by atoms with Gasteiger partial charge in [-0.25, -0.2) is 4.79 Å². The number of carbonyl (C=O) groups excluding carboxylic acids is 2. The minimum atomic E-state index is -0.477. The van der Waals surface area contributed by atoms with Gasteiger partial charge < -0.3 is 24.3 Å². The summed E-state index contributed by atoms with van der Waals surface area (Å²) in [6.07, 6.45) is -0.255. The fourth-order valence-corrected chi connectivity index (χ4v) is 3.12. The molecule has 1 saturated heterocycles. The molecular weight excluding hydrogens is 370 g/mol. The van der Waals surface area contributed by atoms with Crippen molar-refractivity contribution in [1.29, 1.82) is 0 Å². The van der Waals surface area contributed by atoms with Crippen LogP contribution in [0.2, 0.25) is 0 Å². The molecule has 7 heteroatoms. The SMILES string of the molecule is Cc1ccc(C(=O)NCc2ccc(N3CCN(C(=O)OC(C)(C)C)CC3)cc2)o1. The van der Waals surface area contributed by atoms with Crippen LogP contribution in [0.4, 0.5) is 10.5 Å². The Morgan fingerprint density at radius 3 is 2.24 bits per heavy atom. The second kappa shape index (κ2) is 8.59. The Bertz CT molecular complexity index is 844. The van der Waals surface area contributed by atoms with Crippen LogP contribution >= 0.6 is 0 Å². The molecule has 0 radical (unpaired) electrons. The molecule has 7 nitrogen and oxygen atoms in total. The third-order valence-electron chi connectivity index (χ3n) is 4.65. The maximum absolute atomic E-state index is 12.2. The molecule has 1 N–H and O–H groups in total. The molecule has 0 spiro atoms. The minimum Gasteiger partial charge on any atom is -0.456 e. The van der Waals surface area contributed by atoms with Crippen LogP contribution in [0.3, 0.4) is 0 Å². The first-order valence-corrected chi connectivity index (χ1v) is 9.88. The Kier molecular flexibility index (Phi) is 6.15. The number of hydrogen-bond donors (Lipinski definition) is 1. The van der Waals surface area contributed by atoms with E-state index in [0.29, 0.717) is 31.2 Å². The summed E-state index contributed by atoms with van der Waals surface area (Å²) in [5.41, 5.74) is 1.64. The molecule has 1 aromatic carbocycles. The predicted molar refractivity (Wildman–Crippen MR) is 111 cm³/mol. The van der Waals surface area contributed by atoms with E-state index in [0.717, 1.165) is 24.3 Å². The van der Waals surface area contributed by atoms with Gasteiger partial charge in [-0.3, -0.25) is 4.79 Å². The minimum absolute atomic E-state index is 0.222. The van der Waals surface area contributed by atoms with Crippen LogP contribution in [0.5, 0.6) is 0 Å². The molecule has 0 bridgehead atoms. The molecule has 3 rings (SSSR count). The molecule has 156 valence electrons. The predicted octanol–water partition coefficient (Wildman–Crippen LogP) is 3.58. The van der Waals surface area contributed by atoms with E-state index in [-0.39, 0.29) is 12.0 Å². The first kappa shape index (κ1) is 20.8. The highest BCUT2D eigenvalue weighted by Gasteiger charge is 2.25. The van der Waals surface area contributed by atoms with Gasteiger partial charge in [0.2, 0.25) is 0 Å². The summed E-state index contributed by atoms with van der Waals surface area (Å²) in [6.45, 7) is 10.7. The summed E-state index contributed by atoms with van der Waals surface area (Å²) >= 11 is 0. The van der Waals surface area contributed by atoms with Crippen molar-refractivity contribution in [1.82, 2.24) is 10.2 Å². The fourth-order valence-electron chi connectivity index (χ4n) is 3.12. The van der Waals surface area contributed by atoms with E-state index < -0.39 is 5.60 Å². The van der Waals surface area contributed by atoms with Crippen molar-refractivity contribution >= 4 is 17.7 Å². The molecule has 1 aliphatic heterocycles. The molecule has 1 fully saturated rings. The summed E-state index contributed by atoms with van der Waals surface area (Å²) in [4.78, 5) is 28.2. The topological polar surface area (TPSA) is 75.0 Å². The number of hydrogen-bond acceptors (Lipinski definition) is 5. The van der Waals surface area contributed by atoms with Crippen LogP contribution in [0.25, 0.3) is 0 Å². The van der Waals surface area contributed by atoms with E-state index in [2.05, 4.69) is 10.2 Å². The molecule has 1 aliphatic rings. The van der Waals surface area contributed by atoms with E-state index in [1.165, 1.54) is 0 Å². The normalized spacial score (nSPS) is 14.6. The number of ether oxygens (including phenoxy) is 1. The van der Waals surface area contributed by atoms with Crippen LogP contribution < -0.4 is 10.2 Å². The molecule has 29 heavy (non-hydrogen) atoms. The lowest BCUT2D eigenvalue weighted by atomic mass is 10.1. The molecule has 0 unspecified atom stereocenters. The zero-order valence-corrected chi connectivity index (χ0v) is 17.5. The van der Waals surface area contributed by atoms with Crippen LogP contribution in [-0.4, -0.2) is 48.7 Å². The Morgan fingerprint density at radius 2 is 1.69 bits per heavy atom. The van der Waals surface area contributed by atoms with Crippen molar-refractivity contribution in [3.05, 3.63) is 53.5 Å². The summed E-state index contributed by atoms with van der Waals surface area (Å²) in [5, 5.41) is 2.86. The largest absolute Gasteiger partial charge is 0.456 e. The second-order valence-corrected chi connectivity index (χ2v) is 8.21. The Balaban J connectivity index is 1.48. The van der Waals surface area contributed by atoms with Crippen molar-refractivity contribution in [2.45, 2.75) is 39.8 Å². The molecular formula is C22H29N3O4. The molecule has 0 atom stereocenters. The van der Waals surface area contributed by atoms with Gasteiger partial charge in [0.25, 0.3) is 5.91 Å². The molecule has 1 aromatic heterocycles. The van der Waals surface area contributed by atoms with Gasteiger partial charge in [-0.1, -0.05) is 12.1 Å². The maximum atomic E-state index is 12.2. The van der Waals surface area contributed by atoms with E-state index in [1.54, 1.807) is 17.0 Å². The third-order valence-corrected chi connectivity index (χ3v) is 4.65. The van der Waals surface area contributed by atoms with Crippen LogP contribution in [0.1, 0.15) is 42.6 Å². The fraction of sp³-hybridized carbons (Fsp3) is 0.455. The monoisotopic (exact) mass is 399 g/mol. The van der Waals surface area contributed by atoms with Gasteiger partial charge in [0, 0.05) is 38.4 Å². The quantitative estimate of drug-likeness (QED) is 0.851. The number of nitrogens with zero attached hydrogens (tertiary/aromatic N) is 2. The lowest BCUT2D eigenvalue weighted by Gasteiger charge is -2.36. The number of rotatable bonds is 4. The van der Waals surface area contributed by atoms with Crippen LogP contribution in [-0.2, 0) is 11.3 Å². The van der Waals surface area contributed by atoms with Crippen molar-refractivity contribution in [3.8, 4) is 0 Å². The number of amides is 2. The smallest absolute Gasteiger partial charge is 0.410 e. The molecule has 0 saturated carbocycles. The van der Waals surface area contributed by atoms with Gasteiger partial charge in [0.15, 0.2) is 5.76 Å². The van der Waals surface area contributed by atoms with Gasteiger partial charge in [0.1, 0.15) is 11.4 Å². The van der Waals surface area contributed by atoms with Crippen molar-refractivity contribution in [2.75, 3.05) is 31.1 Å². The van der Waals surface area contributed by atoms with E-state index in [9.17, 15) is 9.59 Å². The lowest BCUT2D eigenvalue weighted by Crippen LogP contribution is -2.50. The number of piperazine rings is 1. The standard InChI is InChI=1S/C22H29N3O4/c1-16-5-10-19(28-16)20(26)23-15-17-6-8-18(9-7-17)24-11-13-25(14-12-24)21(27)29-22(2,3)4/h5-10H,11-15H2,1-4H3,(H,23,26). The average molecular weight is 399 g/mol. The number of benzene rings is 1. The van der Waals surface area contributed by atoms with Gasteiger partial charge >= 0.3 is 6.09 Å². The summed E-state index contributed by atoms with van der Waals surface area (Å²) in [5.74, 6) is 0.814. The molecule has 0 aliphatic carbocycles. The Labute approximate surface area is 171 Å². The molecule has 2 amide bonds. The average Bonchev–Trinajstić information content (AvgIpc) is 3.12. The highest BCUT2D eigenvalue weighted by Crippen LogP contribution is 2.19. The summed E-state index contributed by atoms with van der Waals surface area (Å²) < 4.78 is 10.8. The lowest BCUT2D eigenvalue weighted by molar-refractivity contribution is 0.0240. The van der Waals surface area contributed by atoms with Gasteiger partial charge in [-0.2, -0.15) is 0 Å². The Hall–Kier alpha value is -2.96.